The van der Waals surface area contributed by atoms with Gasteiger partial charge in [-0.2, -0.15) is 0 Å². The summed E-state index contributed by atoms with van der Waals surface area (Å²) in [5.74, 6) is -2.10. The number of ether oxygens (including phenoxy) is 3. The quantitative estimate of drug-likeness (QED) is 0.179. The van der Waals surface area contributed by atoms with Crippen molar-refractivity contribution in [3.63, 3.8) is 0 Å². The van der Waals surface area contributed by atoms with Crippen LogP contribution in [0.1, 0.15) is 54.3 Å². The molecule has 8 nitrogen and oxygen atoms in total. The van der Waals surface area contributed by atoms with Crippen molar-refractivity contribution in [2.75, 3.05) is 18.5 Å². The summed E-state index contributed by atoms with van der Waals surface area (Å²) in [5.41, 5.74) is 0.704. The number of amides is 1. The van der Waals surface area contributed by atoms with Crippen molar-refractivity contribution in [3.05, 3.63) is 21.8 Å². The minimum atomic E-state index is -0.746. The number of nitrogens with one attached hydrogen (secondary N) is 1. The van der Waals surface area contributed by atoms with Gasteiger partial charge in [0.25, 0.3) is 11.1 Å². The molecule has 0 aromatic heterocycles. The third-order valence-electron chi connectivity index (χ3n) is 4.22. The number of benzene rings is 1. The fourth-order valence-corrected chi connectivity index (χ4v) is 7.89. The van der Waals surface area contributed by atoms with E-state index in [0.717, 1.165) is 0 Å². The van der Waals surface area contributed by atoms with Gasteiger partial charge in [0.1, 0.15) is 0 Å². The highest BCUT2D eigenvalue weighted by molar-refractivity contribution is 14.1. The van der Waals surface area contributed by atoms with Crippen molar-refractivity contribution < 1.29 is 33.4 Å². The molecule has 1 fully saturated rings. The number of Topliss-reactive ketones (excluding diaryl/α,β-unsaturated/α-hetero) is 1. The minimum absolute atomic E-state index is 0.135. The van der Waals surface area contributed by atoms with Gasteiger partial charge in [-0.05, 0) is 99.6 Å². The average Bonchev–Trinajstić information content (AvgIpc) is 3.00. The number of anilines is 1. The van der Waals surface area contributed by atoms with Crippen molar-refractivity contribution in [1.29, 1.82) is 0 Å². The van der Waals surface area contributed by atoms with Gasteiger partial charge >= 0.3 is 5.97 Å². The molecule has 170 valence electrons. The summed E-state index contributed by atoms with van der Waals surface area (Å²) >= 11 is 11.5. The summed E-state index contributed by atoms with van der Waals surface area (Å²) in [4.78, 5) is 48.3. The number of ketones is 1. The SMILES string of the molecule is CC(=O)OCC(=O)Nc1c(I)c(C(=O)Cl)c(I)c(C(=O)CCC2COC(C)(C)O2)c1I. The molecule has 0 spiro atoms. The number of carbonyl (C=O) groups is 4. The van der Waals surface area contributed by atoms with Gasteiger partial charge in [0.2, 0.25) is 0 Å². The van der Waals surface area contributed by atoms with E-state index in [-0.39, 0.29) is 29.6 Å². The van der Waals surface area contributed by atoms with Gasteiger partial charge in [0, 0.05) is 26.0 Å². The van der Waals surface area contributed by atoms with E-state index >= 15 is 0 Å². The molecule has 1 aromatic carbocycles. The van der Waals surface area contributed by atoms with Gasteiger partial charge < -0.3 is 19.5 Å². The Balaban J connectivity index is 2.34. The number of halogens is 4. The summed E-state index contributed by atoms with van der Waals surface area (Å²) in [7, 11) is 0. The smallest absolute Gasteiger partial charge is 0.303 e. The molecule has 1 unspecified atom stereocenters. The molecule has 1 amide bonds. The molecule has 12 heteroatoms. The first-order chi connectivity index (χ1) is 14.3. The number of carbonyl (C=O) groups excluding carboxylic acids is 4. The molecule has 0 bridgehead atoms. The first kappa shape index (κ1) is 27.1. The zero-order valence-electron chi connectivity index (χ0n) is 16.8. The van der Waals surface area contributed by atoms with Crippen molar-refractivity contribution in [3.8, 4) is 0 Å². The number of hydrogen-bond donors (Lipinski definition) is 1. The molecule has 1 aliphatic heterocycles. The van der Waals surface area contributed by atoms with E-state index in [0.29, 0.717) is 29.3 Å². The highest BCUT2D eigenvalue weighted by Crippen LogP contribution is 2.37. The number of rotatable bonds is 8. The number of esters is 1. The molecule has 1 saturated heterocycles. The number of hydrogen-bond acceptors (Lipinski definition) is 7. The van der Waals surface area contributed by atoms with Crippen LogP contribution < -0.4 is 5.32 Å². The maximum atomic E-state index is 13.1. The van der Waals surface area contributed by atoms with Crippen LogP contribution in [0.15, 0.2) is 0 Å². The predicted molar refractivity (Wildman–Crippen MR) is 139 cm³/mol. The Hall–Kier alpha value is -0.100. The highest BCUT2D eigenvalue weighted by Gasteiger charge is 2.33. The Morgan fingerprint density at radius 2 is 1.74 bits per heavy atom. The maximum Gasteiger partial charge on any atom is 0.303 e. The van der Waals surface area contributed by atoms with Crippen molar-refractivity contribution in [2.45, 2.75) is 45.5 Å². The molecule has 1 atom stereocenters. The summed E-state index contributed by atoms with van der Waals surface area (Å²) in [6, 6.07) is 0. The van der Waals surface area contributed by atoms with E-state index < -0.39 is 29.5 Å². The lowest BCUT2D eigenvalue weighted by Crippen LogP contribution is -2.23. The van der Waals surface area contributed by atoms with Gasteiger partial charge in [-0.1, -0.05) is 0 Å². The standard InChI is InChI=1S/C19H19ClI3NO7/c1-8(25)29-7-11(27)24-17-15(22)12(14(21)13(16(17)23)18(20)28)10(26)5-4-9-6-30-19(2,3)31-9/h9H,4-7H2,1-3H3,(H,24,27). The third-order valence-corrected chi connectivity index (χ3v) is 7.65. The Kier molecular flexibility index (Phi) is 9.94. The van der Waals surface area contributed by atoms with Crippen LogP contribution in [-0.4, -0.2) is 48.0 Å². The molecule has 1 aliphatic rings. The topological polar surface area (TPSA) is 108 Å². The predicted octanol–water partition coefficient (Wildman–Crippen LogP) is 4.50. The highest BCUT2D eigenvalue weighted by atomic mass is 127. The van der Waals surface area contributed by atoms with Crippen LogP contribution in [0.25, 0.3) is 0 Å². The molecule has 0 radical (unpaired) electrons. The second-order valence-electron chi connectivity index (χ2n) is 7.08. The fourth-order valence-electron chi connectivity index (χ4n) is 2.86. The second kappa shape index (κ2) is 11.4. The Morgan fingerprint density at radius 3 is 2.26 bits per heavy atom. The van der Waals surface area contributed by atoms with Crippen LogP contribution in [0.3, 0.4) is 0 Å². The Labute approximate surface area is 225 Å². The first-order valence-electron chi connectivity index (χ1n) is 9.02. The molecule has 1 aromatic rings. The van der Waals surface area contributed by atoms with E-state index in [9.17, 15) is 19.2 Å². The van der Waals surface area contributed by atoms with Crippen LogP contribution in [0, 0.1) is 10.7 Å². The Bertz CT molecular complexity index is 936. The van der Waals surface area contributed by atoms with E-state index in [1.165, 1.54) is 6.92 Å². The van der Waals surface area contributed by atoms with Crippen LogP contribution in [-0.2, 0) is 23.8 Å². The molecule has 0 aliphatic carbocycles. The zero-order chi connectivity index (χ0) is 23.5. The molecule has 31 heavy (non-hydrogen) atoms. The van der Waals surface area contributed by atoms with Gasteiger partial charge in [-0.3, -0.25) is 19.2 Å². The molecule has 1 heterocycles. The monoisotopic (exact) mass is 789 g/mol. The van der Waals surface area contributed by atoms with Crippen LogP contribution in [0.4, 0.5) is 5.69 Å². The van der Waals surface area contributed by atoms with Crippen LogP contribution >= 0.6 is 79.4 Å². The van der Waals surface area contributed by atoms with Crippen LogP contribution in [0.5, 0.6) is 0 Å². The average molecular weight is 790 g/mol. The molecule has 0 saturated carbocycles. The minimum Gasteiger partial charge on any atom is -0.456 e. The first-order valence-corrected chi connectivity index (χ1v) is 12.6. The van der Waals surface area contributed by atoms with E-state index in [1.54, 1.807) is 0 Å². The Morgan fingerprint density at radius 1 is 1.13 bits per heavy atom. The van der Waals surface area contributed by atoms with Crippen molar-refractivity contribution in [2.24, 2.45) is 0 Å². The van der Waals surface area contributed by atoms with Crippen molar-refractivity contribution in [1.82, 2.24) is 0 Å². The van der Waals surface area contributed by atoms with Gasteiger partial charge in [-0.25, -0.2) is 0 Å². The third kappa shape index (κ3) is 7.19. The lowest BCUT2D eigenvalue weighted by Gasteiger charge is -2.19. The van der Waals surface area contributed by atoms with Gasteiger partial charge in [0.05, 0.1) is 27.5 Å². The summed E-state index contributed by atoms with van der Waals surface area (Å²) in [6.45, 7) is 4.71. The van der Waals surface area contributed by atoms with Gasteiger partial charge in [-0.15, -0.1) is 0 Å². The van der Waals surface area contributed by atoms with Crippen molar-refractivity contribution >= 4 is 108 Å². The largest absolute Gasteiger partial charge is 0.456 e. The van der Waals surface area contributed by atoms with E-state index in [4.69, 9.17) is 25.8 Å². The van der Waals surface area contributed by atoms with E-state index in [2.05, 4.69) is 5.32 Å². The molecule has 2 rings (SSSR count). The zero-order valence-corrected chi connectivity index (χ0v) is 24.0. The van der Waals surface area contributed by atoms with Gasteiger partial charge in [0.15, 0.2) is 18.2 Å². The fraction of sp³-hybridized carbons (Fsp3) is 0.474. The lowest BCUT2D eigenvalue weighted by atomic mass is 10.0. The van der Waals surface area contributed by atoms with E-state index in [1.807, 2.05) is 81.6 Å². The molecular formula is C19H19ClI3NO7. The summed E-state index contributed by atoms with van der Waals surface area (Å²) in [6.07, 6.45) is 0.391. The van der Waals surface area contributed by atoms with Crippen LogP contribution in [0.2, 0.25) is 0 Å². The normalized spacial score (nSPS) is 17.3. The summed E-state index contributed by atoms with van der Waals surface area (Å²) in [5, 5.41) is 1.87. The second-order valence-corrected chi connectivity index (χ2v) is 10.7. The summed E-state index contributed by atoms with van der Waals surface area (Å²) < 4.78 is 17.3. The lowest BCUT2D eigenvalue weighted by molar-refractivity contribution is -0.145. The maximum absolute atomic E-state index is 13.1. The molecular weight excluding hydrogens is 770 g/mol. The molecule has 1 N–H and O–H groups in total.